The van der Waals surface area contributed by atoms with Crippen LogP contribution in [-0.2, 0) is 16.0 Å². The van der Waals surface area contributed by atoms with Gasteiger partial charge in [0.25, 0.3) is 0 Å². The Hall–Kier alpha value is -2.42. The number of hydrogen-bond donors (Lipinski definition) is 0. The molecular formula is C13H15N3O3. The molecule has 0 aromatic heterocycles. The summed E-state index contributed by atoms with van der Waals surface area (Å²) in [6.45, 7) is 1.18. The number of carbonyl (C=O) groups is 1. The summed E-state index contributed by atoms with van der Waals surface area (Å²) in [5, 5.41) is 12.6. The summed E-state index contributed by atoms with van der Waals surface area (Å²) in [6.07, 6.45) is 0.474. The first-order valence-electron chi connectivity index (χ1n) is 5.81. The normalized spacial score (nSPS) is 11.2. The van der Waals surface area contributed by atoms with Gasteiger partial charge in [-0.25, -0.2) is 5.01 Å². The van der Waals surface area contributed by atoms with E-state index < -0.39 is 12.0 Å². The number of ether oxygens (including phenoxy) is 1. The topological polar surface area (TPSA) is 82.8 Å². The number of esters is 1. The van der Waals surface area contributed by atoms with Gasteiger partial charge in [0.2, 0.25) is 0 Å². The van der Waals surface area contributed by atoms with Crippen molar-refractivity contribution in [2.45, 2.75) is 19.4 Å². The van der Waals surface area contributed by atoms with Crippen LogP contribution in [0.3, 0.4) is 0 Å². The van der Waals surface area contributed by atoms with Gasteiger partial charge in [0.05, 0.1) is 17.4 Å². The highest BCUT2D eigenvalue weighted by atomic mass is 16.5. The van der Waals surface area contributed by atoms with E-state index in [1.165, 1.54) is 6.92 Å². The summed E-state index contributed by atoms with van der Waals surface area (Å²) >= 11 is 0. The van der Waals surface area contributed by atoms with Crippen molar-refractivity contribution in [3.63, 3.8) is 0 Å². The SMILES string of the molecule is CC(=O)OCC(Cc1ccccc1)N(CC#N)N=O. The zero-order valence-corrected chi connectivity index (χ0v) is 10.7. The monoisotopic (exact) mass is 261 g/mol. The lowest BCUT2D eigenvalue weighted by Crippen LogP contribution is -2.37. The standard InChI is InChI=1S/C13H15N3O3/c1-11(17)19-10-13(16(15-18)8-7-14)9-12-5-3-2-4-6-12/h2-6,13H,8-10H2,1H3. The highest BCUT2D eigenvalue weighted by Crippen LogP contribution is 2.10. The molecular weight excluding hydrogens is 246 g/mol. The van der Waals surface area contributed by atoms with Crippen LogP contribution in [0.5, 0.6) is 0 Å². The molecule has 0 saturated carbocycles. The summed E-state index contributed by atoms with van der Waals surface area (Å²) in [5.74, 6) is -0.430. The van der Waals surface area contributed by atoms with Crippen molar-refractivity contribution >= 4 is 5.97 Å². The Morgan fingerprint density at radius 3 is 2.68 bits per heavy atom. The molecule has 0 radical (unpaired) electrons. The predicted octanol–water partition coefficient (Wildman–Crippen LogP) is 1.67. The second-order valence-corrected chi connectivity index (χ2v) is 3.98. The lowest BCUT2D eigenvalue weighted by molar-refractivity contribution is -0.142. The average molecular weight is 261 g/mol. The van der Waals surface area contributed by atoms with Crippen molar-refractivity contribution in [1.29, 1.82) is 5.26 Å². The van der Waals surface area contributed by atoms with Gasteiger partial charge in [-0.15, -0.1) is 4.91 Å². The van der Waals surface area contributed by atoms with E-state index >= 15 is 0 Å². The van der Waals surface area contributed by atoms with Gasteiger partial charge in [0.1, 0.15) is 13.2 Å². The number of nitrogens with zero attached hydrogens (tertiary/aromatic N) is 3. The molecule has 0 aliphatic carbocycles. The highest BCUT2D eigenvalue weighted by molar-refractivity contribution is 5.65. The summed E-state index contributed by atoms with van der Waals surface area (Å²) in [7, 11) is 0. The molecule has 6 nitrogen and oxygen atoms in total. The smallest absolute Gasteiger partial charge is 0.302 e. The van der Waals surface area contributed by atoms with E-state index in [0.29, 0.717) is 6.42 Å². The molecule has 0 N–H and O–H groups in total. The largest absolute Gasteiger partial charge is 0.464 e. The third-order valence-electron chi connectivity index (χ3n) is 2.55. The second-order valence-electron chi connectivity index (χ2n) is 3.98. The van der Waals surface area contributed by atoms with Crippen LogP contribution >= 0.6 is 0 Å². The fourth-order valence-electron chi connectivity index (χ4n) is 1.65. The van der Waals surface area contributed by atoms with E-state index in [4.69, 9.17) is 10.00 Å². The van der Waals surface area contributed by atoms with Gasteiger partial charge in [0, 0.05) is 6.92 Å². The van der Waals surface area contributed by atoms with Crippen molar-refractivity contribution in [3.8, 4) is 6.07 Å². The number of rotatable bonds is 7. The maximum absolute atomic E-state index is 10.9. The van der Waals surface area contributed by atoms with E-state index in [-0.39, 0.29) is 13.2 Å². The third-order valence-corrected chi connectivity index (χ3v) is 2.55. The fraction of sp³-hybridized carbons (Fsp3) is 0.385. The van der Waals surface area contributed by atoms with E-state index in [9.17, 15) is 9.70 Å². The summed E-state index contributed by atoms with van der Waals surface area (Å²) < 4.78 is 4.92. The van der Waals surface area contributed by atoms with Crippen LogP contribution in [0, 0.1) is 16.2 Å². The molecule has 19 heavy (non-hydrogen) atoms. The molecule has 0 saturated heterocycles. The van der Waals surface area contributed by atoms with Crippen molar-refractivity contribution in [1.82, 2.24) is 5.01 Å². The number of benzene rings is 1. The van der Waals surface area contributed by atoms with Crippen LogP contribution in [-0.4, -0.2) is 30.2 Å². The summed E-state index contributed by atoms with van der Waals surface area (Å²) in [4.78, 5) is 21.6. The second kappa shape index (κ2) is 7.82. The average Bonchev–Trinajstić information content (AvgIpc) is 2.42. The lowest BCUT2D eigenvalue weighted by atomic mass is 10.1. The molecule has 1 unspecified atom stereocenters. The van der Waals surface area contributed by atoms with Gasteiger partial charge in [-0.3, -0.25) is 4.79 Å². The van der Waals surface area contributed by atoms with Crippen molar-refractivity contribution in [2.24, 2.45) is 5.29 Å². The van der Waals surface area contributed by atoms with Gasteiger partial charge in [-0.1, -0.05) is 30.3 Å². The van der Waals surface area contributed by atoms with Gasteiger partial charge < -0.3 is 4.74 Å². The molecule has 0 aliphatic heterocycles. The van der Waals surface area contributed by atoms with Crippen LogP contribution in [0.1, 0.15) is 12.5 Å². The maximum Gasteiger partial charge on any atom is 0.302 e. The van der Waals surface area contributed by atoms with Crippen LogP contribution in [0.25, 0.3) is 0 Å². The Labute approximate surface area is 111 Å². The van der Waals surface area contributed by atoms with Gasteiger partial charge in [-0.05, 0) is 12.0 Å². The van der Waals surface area contributed by atoms with Crippen LogP contribution < -0.4 is 0 Å². The zero-order chi connectivity index (χ0) is 14.1. The lowest BCUT2D eigenvalue weighted by Gasteiger charge is -2.23. The number of nitroso groups, excluding NO2 is 1. The summed E-state index contributed by atoms with van der Waals surface area (Å²) in [6, 6.07) is 10.9. The molecule has 6 heteroatoms. The molecule has 0 aliphatic rings. The number of nitriles is 1. The minimum Gasteiger partial charge on any atom is -0.464 e. The Morgan fingerprint density at radius 2 is 2.16 bits per heavy atom. The quantitative estimate of drug-likeness (QED) is 0.322. The predicted molar refractivity (Wildman–Crippen MR) is 68.7 cm³/mol. The zero-order valence-electron chi connectivity index (χ0n) is 10.7. The Balaban J connectivity index is 2.76. The Bertz CT molecular complexity index is 456. The molecule has 0 spiro atoms. The first-order valence-corrected chi connectivity index (χ1v) is 5.81. The first-order chi connectivity index (χ1) is 9.17. The fourth-order valence-corrected chi connectivity index (χ4v) is 1.65. The molecule has 1 aromatic carbocycles. The van der Waals surface area contributed by atoms with Crippen LogP contribution in [0.4, 0.5) is 0 Å². The minimum atomic E-state index is -0.441. The van der Waals surface area contributed by atoms with E-state index in [1.807, 2.05) is 36.4 Å². The highest BCUT2D eigenvalue weighted by Gasteiger charge is 2.20. The Morgan fingerprint density at radius 1 is 1.47 bits per heavy atom. The van der Waals surface area contributed by atoms with Crippen LogP contribution in [0.15, 0.2) is 35.6 Å². The van der Waals surface area contributed by atoms with Gasteiger partial charge in [-0.2, -0.15) is 5.26 Å². The Kier molecular flexibility index (Phi) is 6.03. The van der Waals surface area contributed by atoms with Crippen molar-refractivity contribution < 1.29 is 9.53 Å². The molecule has 0 bridgehead atoms. The molecule has 1 atom stereocenters. The summed E-state index contributed by atoms with van der Waals surface area (Å²) in [5.41, 5.74) is 0.978. The molecule has 0 amide bonds. The third kappa shape index (κ3) is 5.17. The van der Waals surface area contributed by atoms with E-state index in [0.717, 1.165) is 10.6 Å². The first kappa shape index (κ1) is 14.6. The minimum absolute atomic E-state index is 0.0254. The molecule has 1 rings (SSSR count). The maximum atomic E-state index is 10.9. The van der Waals surface area contributed by atoms with Crippen molar-refractivity contribution in [2.75, 3.05) is 13.2 Å². The number of carbonyl (C=O) groups excluding carboxylic acids is 1. The van der Waals surface area contributed by atoms with Crippen LogP contribution in [0.2, 0.25) is 0 Å². The number of hydrogen-bond acceptors (Lipinski definition) is 5. The van der Waals surface area contributed by atoms with E-state index in [2.05, 4.69) is 5.29 Å². The van der Waals surface area contributed by atoms with Gasteiger partial charge >= 0.3 is 5.97 Å². The van der Waals surface area contributed by atoms with Gasteiger partial charge in [0.15, 0.2) is 0 Å². The van der Waals surface area contributed by atoms with E-state index in [1.54, 1.807) is 0 Å². The molecule has 0 heterocycles. The molecule has 0 fully saturated rings. The molecule has 100 valence electrons. The van der Waals surface area contributed by atoms with Crippen molar-refractivity contribution in [3.05, 3.63) is 40.8 Å². The molecule has 1 aromatic rings.